The van der Waals surface area contributed by atoms with Gasteiger partial charge in [-0.15, -0.1) is 11.6 Å². The van der Waals surface area contributed by atoms with Gasteiger partial charge in [-0.3, -0.25) is 4.79 Å². The van der Waals surface area contributed by atoms with E-state index >= 15 is 0 Å². The molecule has 0 aliphatic carbocycles. The average Bonchev–Trinajstić information content (AvgIpc) is 2.33. The normalized spacial score (nSPS) is 10.9. The lowest BCUT2D eigenvalue weighted by molar-refractivity contribution is 0.0701. The predicted molar refractivity (Wildman–Crippen MR) is 72.6 cm³/mol. The highest BCUT2D eigenvalue weighted by molar-refractivity contribution is 6.17. The Bertz CT molecular complexity index is 463. The fourth-order valence-corrected chi connectivity index (χ4v) is 1.92. The Morgan fingerprint density at radius 1 is 1.32 bits per heavy atom. The van der Waals surface area contributed by atoms with E-state index in [0.717, 1.165) is 6.07 Å². The molecule has 106 valence electrons. The average molecular weight is 290 g/mol. The van der Waals surface area contributed by atoms with Crippen LogP contribution < -0.4 is 0 Å². The van der Waals surface area contributed by atoms with Gasteiger partial charge < -0.3 is 4.90 Å². The molecular weight excluding hydrogens is 272 g/mol. The molecule has 19 heavy (non-hydrogen) atoms. The van der Waals surface area contributed by atoms with Crippen LogP contribution in [0.5, 0.6) is 0 Å². The molecule has 1 amide bonds. The van der Waals surface area contributed by atoms with Gasteiger partial charge in [-0.25, -0.2) is 8.78 Å². The number of halogens is 3. The van der Waals surface area contributed by atoms with Crippen molar-refractivity contribution < 1.29 is 13.6 Å². The number of nitrogens with zero attached hydrogens (tertiary/aromatic N) is 1. The number of amides is 1. The maximum atomic E-state index is 13.7. The summed E-state index contributed by atoms with van der Waals surface area (Å²) in [7, 11) is 0. The summed E-state index contributed by atoms with van der Waals surface area (Å²) in [4.78, 5) is 13.8. The third kappa shape index (κ3) is 3.90. The van der Waals surface area contributed by atoms with Crippen molar-refractivity contribution in [2.45, 2.75) is 33.2 Å². The molecule has 0 heterocycles. The van der Waals surface area contributed by atoms with Crippen molar-refractivity contribution in [2.75, 3.05) is 12.4 Å². The first-order valence-corrected chi connectivity index (χ1v) is 6.74. The molecular formula is C14H18ClF2NO. The maximum Gasteiger partial charge on any atom is 0.257 e. The Morgan fingerprint density at radius 3 is 2.47 bits per heavy atom. The van der Waals surface area contributed by atoms with Crippen LogP contribution in [0.4, 0.5) is 8.78 Å². The SMILES string of the molecule is Cc1cc(C(=O)N(CCCCl)C(C)C)c(F)cc1F. The van der Waals surface area contributed by atoms with E-state index in [-0.39, 0.29) is 17.2 Å². The highest BCUT2D eigenvalue weighted by atomic mass is 35.5. The number of alkyl halides is 1. The van der Waals surface area contributed by atoms with E-state index in [9.17, 15) is 13.6 Å². The number of aryl methyl sites for hydroxylation is 1. The third-order valence-electron chi connectivity index (χ3n) is 2.90. The molecule has 1 aromatic carbocycles. The monoisotopic (exact) mass is 289 g/mol. The molecule has 2 nitrogen and oxygen atoms in total. The van der Waals surface area contributed by atoms with Crippen LogP contribution in [0.25, 0.3) is 0 Å². The lowest BCUT2D eigenvalue weighted by Crippen LogP contribution is -2.38. The quantitative estimate of drug-likeness (QED) is 0.756. The third-order valence-corrected chi connectivity index (χ3v) is 3.16. The van der Waals surface area contributed by atoms with Gasteiger partial charge in [0.15, 0.2) is 0 Å². The van der Waals surface area contributed by atoms with E-state index in [1.807, 2.05) is 13.8 Å². The number of hydrogen-bond acceptors (Lipinski definition) is 1. The highest BCUT2D eigenvalue weighted by Crippen LogP contribution is 2.17. The molecule has 0 aliphatic heterocycles. The summed E-state index contributed by atoms with van der Waals surface area (Å²) in [6, 6.07) is 1.94. The zero-order valence-electron chi connectivity index (χ0n) is 11.3. The molecule has 1 rings (SSSR count). The zero-order chi connectivity index (χ0) is 14.6. The van der Waals surface area contributed by atoms with Crippen molar-refractivity contribution in [3.63, 3.8) is 0 Å². The summed E-state index contributed by atoms with van der Waals surface area (Å²) in [5, 5.41) is 0. The van der Waals surface area contributed by atoms with E-state index in [1.54, 1.807) is 0 Å². The second-order valence-corrected chi connectivity index (χ2v) is 5.09. The molecule has 0 spiro atoms. The molecule has 0 saturated carbocycles. The fraction of sp³-hybridized carbons (Fsp3) is 0.500. The Morgan fingerprint density at radius 2 is 1.95 bits per heavy atom. The van der Waals surface area contributed by atoms with E-state index in [1.165, 1.54) is 17.9 Å². The van der Waals surface area contributed by atoms with Gasteiger partial charge in [-0.1, -0.05) is 0 Å². The van der Waals surface area contributed by atoms with Gasteiger partial charge in [0.1, 0.15) is 11.6 Å². The van der Waals surface area contributed by atoms with Crippen LogP contribution in [0.3, 0.4) is 0 Å². The van der Waals surface area contributed by atoms with Crippen molar-refractivity contribution in [1.82, 2.24) is 4.90 Å². The lowest BCUT2D eigenvalue weighted by Gasteiger charge is -2.27. The van der Waals surface area contributed by atoms with Gasteiger partial charge >= 0.3 is 0 Å². The second kappa shape index (κ2) is 6.85. The van der Waals surface area contributed by atoms with E-state index < -0.39 is 17.5 Å². The van der Waals surface area contributed by atoms with Crippen LogP contribution >= 0.6 is 11.6 Å². The van der Waals surface area contributed by atoms with Crippen molar-refractivity contribution in [2.24, 2.45) is 0 Å². The van der Waals surface area contributed by atoms with Crippen molar-refractivity contribution in [3.8, 4) is 0 Å². The lowest BCUT2D eigenvalue weighted by atomic mass is 10.1. The van der Waals surface area contributed by atoms with Gasteiger partial charge in [-0.05, 0) is 38.8 Å². The van der Waals surface area contributed by atoms with Gasteiger partial charge in [0, 0.05) is 24.5 Å². The Kier molecular flexibility index (Phi) is 5.73. The summed E-state index contributed by atoms with van der Waals surface area (Å²) < 4.78 is 26.9. The minimum atomic E-state index is -0.829. The van der Waals surface area contributed by atoms with Crippen molar-refractivity contribution in [3.05, 3.63) is 34.9 Å². The molecule has 0 aromatic heterocycles. The van der Waals surface area contributed by atoms with Gasteiger partial charge in [0.2, 0.25) is 0 Å². The standard InChI is InChI=1S/C14H18ClF2NO/c1-9(2)18(6-4-5-15)14(19)11-7-10(3)12(16)8-13(11)17/h7-9H,4-6H2,1-3H3. The van der Waals surface area contributed by atoms with E-state index in [4.69, 9.17) is 11.6 Å². The Hall–Kier alpha value is -1.16. The van der Waals surface area contributed by atoms with Crippen LogP contribution in [-0.4, -0.2) is 29.3 Å². The molecule has 0 unspecified atom stereocenters. The number of carbonyl (C=O) groups is 1. The minimum Gasteiger partial charge on any atom is -0.336 e. The van der Waals surface area contributed by atoms with Crippen molar-refractivity contribution >= 4 is 17.5 Å². The molecule has 0 aliphatic rings. The predicted octanol–water partition coefficient (Wildman–Crippen LogP) is 3.75. The summed E-state index contributed by atoms with van der Waals surface area (Å²) in [5.74, 6) is -1.47. The van der Waals surface area contributed by atoms with Gasteiger partial charge in [-0.2, -0.15) is 0 Å². The molecule has 5 heteroatoms. The Balaban J connectivity index is 3.06. The zero-order valence-corrected chi connectivity index (χ0v) is 12.1. The number of carbonyl (C=O) groups excluding carboxylic acids is 1. The fourth-order valence-electron chi connectivity index (χ4n) is 1.80. The van der Waals surface area contributed by atoms with Gasteiger partial charge in [0.25, 0.3) is 5.91 Å². The maximum absolute atomic E-state index is 13.7. The van der Waals surface area contributed by atoms with Gasteiger partial charge in [0.05, 0.1) is 5.56 Å². The van der Waals surface area contributed by atoms with Crippen LogP contribution in [0.15, 0.2) is 12.1 Å². The molecule has 0 N–H and O–H groups in total. The summed E-state index contributed by atoms with van der Waals surface area (Å²) in [5.41, 5.74) is 0.160. The smallest absolute Gasteiger partial charge is 0.257 e. The first-order valence-electron chi connectivity index (χ1n) is 6.21. The second-order valence-electron chi connectivity index (χ2n) is 4.72. The van der Waals surface area contributed by atoms with Crippen LogP contribution in [0.2, 0.25) is 0 Å². The van der Waals surface area contributed by atoms with E-state index in [0.29, 0.717) is 18.8 Å². The summed E-state index contributed by atoms with van der Waals surface area (Å²) in [6.07, 6.45) is 0.632. The number of benzene rings is 1. The summed E-state index contributed by atoms with van der Waals surface area (Å²) >= 11 is 5.62. The van der Waals surface area contributed by atoms with Crippen LogP contribution in [0, 0.1) is 18.6 Å². The summed E-state index contributed by atoms with van der Waals surface area (Å²) in [6.45, 7) is 5.65. The van der Waals surface area contributed by atoms with Crippen LogP contribution in [0.1, 0.15) is 36.2 Å². The Labute approximate surface area is 117 Å². The molecule has 0 atom stereocenters. The number of hydrogen-bond donors (Lipinski definition) is 0. The largest absolute Gasteiger partial charge is 0.336 e. The molecule has 0 radical (unpaired) electrons. The molecule has 0 saturated heterocycles. The van der Waals surface area contributed by atoms with Crippen LogP contribution in [-0.2, 0) is 0 Å². The molecule has 0 fully saturated rings. The number of rotatable bonds is 5. The topological polar surface area (TPSA) is 20.3 Å². The molecule has 0 bridgehead atoms. The van der Waals surface area contributed by atoms with E-state index in [2.05, 4.69) is 0 Å². The minimum absolute atomic E-state index is 0.0690. The highest BCUT2D eigenvalue weighted by Gasteiger charge is 2.22. The first kappa shape index (κ1) is 15.9. The molecule has 1 aromatic rings. The van der Waals surface area contributed by atoms with Crippen molar-refractivity contribution in [1.29, 1.82) is 0 Å². The first-order chi connectivity index (χ1) is 8.88.